The minimum absolute atomic E-state index is 0.0205. The normalized spacial score (nSPS) is 10.4. The molecule has 2 rings (SSSR count). The van der Waals surface area contributed by atoms with Crippen molar-refractivity contribution in [2.75, 3.05) is 6.61 Å². The lowest BCUT2D eigenvalue weighted by atomic mass is 10.1. The highest BCUT2D eigenvalue weighted by Crippen LogP contribution is 2.15. The number of aryl methyl sites for hydroxylation is 3. The fraction of sp³-hybridized carbons (Fsp3) is 0.263. The molecule has 2 aromatic rings. The van der Waals surface area contributed by atoms with Crippen molar-refractivity contribution in [3.63, 3.8) is 0 Å². The van der Waals surface area contributed by atoms with Crippen molar-refractivity contribution < 1.29 is 17.7 Å². The predicted molar refractivity (Wildman–Crippen MR) is 95.3 cm³/mol. The second-order valence-electron chi connectivity index (χ2n) is 5.33. The number of phenolic OH excluding ortho intramolecular Hbond substituents is 1. The summed E-state index contributed by atoms with van der Waals surface area (Å²) in [4.78, 5) is 0.158. The summed E-state index contributed by atoms with van der Waals surface area (Å²) in [7, 11) is -3.64. The van der Waals surface area contributed by atoms with Crippen LogP contribution in [-0.2, 0) is 14.3 Å². The largest absolute Gasteiger partial charge is 0.508 e. The van der Waals surface area contributed by atoms with Crippen LogP contribution in [0.2, 0.25) is 0 Å². The van der Waals surface area contributed by atoms with Gasteiger partial charge < -0.3 is 5.11 Å². The third kappa shape index (κ3) is 6.45. The van der Waals surface area contributed by atoms with Gasteiger partial charge in [-0.25, -0.2) is 0 Å². The van der Waals surface area contributed by atoms with Gasteiger partial charge in [0.05, 0.1) is 11.5 Å². The number of terminal acetylenes is 1. The van der Waals surface area contributed by atoms with Gasteiger partial charge in [0.2, 0.25) is 0 Å². The van der Waals surface area contributed by atoms with Crippen LogP contribution in [0.5, 0.6) is 5.75 Å². The maximum atomic E-state index is 11.5. The van der Waals surface area contributed by atoms with E-state index < -0.39 is 10.1 Å². The molecule has 0 atom stereocenters. The Morgan fingerprint density at radius 2 is 1.62 bits per heavy atom. The van der Waals surface area contributed by atoms with E-state index in [1.807, 2.05) is 32.9 Å². The zero-order valence-corrected chi connectivity index (χ0v) is 14.9. The van der Waals surface area contributed by atoms with Crippen molar-refractivity contribution >= 4 is 10.1 Å². The van der Waals surface area contributed by atoms with E-state index in [-0.39, 0.29) is 17.9 Å². The van der Waals surface area contributed by atoms with Gasteiger partial charge in [0, 0.05) is 6.42 Å². The molecule has 0 aliphatic carbocycles. The van der Waals surface area contributed by atoms with Gasteiger partial charge in [0.25, 0.3) is 10.1 Å². The summed E-state index contributed by atoms with van der Waals surface area (Å²) in [5.74, 6) is 2.69. The Morgan fingerprint density at radius 1 is 1.04 bits per heavy atom. The number of hydrogen-bond donors (Lipinski definition) is 1. The van der Waals surface area contributed by atoms with Gasteiger partial charge >= 0.3 is 0 Å². The molecule has 4 nitrogen and oxygen atoms in total. The number of aromatic hydroxyl groups is 1. The quantitative estimate of drug-likeness (QED) is 0.520. The third-order valence-electron chi connectivity index (χ3n) is 3.15. The number of hydrogen-bond acceptors (Lipinski definition) is 4. The average molecular weight is 346 g/mol. The Kier molecular flexibility index (Phi) is 7.50. The van der Waals surface area contributed by atoms with E-state index in [2.05, 4.69) is 5.92 Å². The zero-order chi connectivity index (χ0) is 18.2. The van der Waals surface area contributed by atoms with Crippen LogP contribution in [-0.4, -0.2) is 20.1 Å². The highest BCUT2D eigenvalue weighted by molar-refractivity contribution is 7.86. The zero-order valence-electron chi connectivity index (χ0n) is 14.1. The minimum Gasteiger partial charge on any atom is -0.508 e. The number of rotatable bonds is 4. The molecule has 5 heteroatoms. The molecule has 0 heterocycles. The Hall–Kier alpha value is -2.29. The molecule has 0 aliphatic heterocycles. The van der Waals surface area contributed by atoms with Crippen molar-refractivity contribution in [2.45, 2.75) is 32.1 Å². The molecule has 0 saturated carbocycles. The monoisotopic (exact) mass is 346 g/mol. The van der Waals surface area contributed by atoms with E-state index in [9.17, 15) is 8.42 Å². The van der Waals surface area contributed by atoms with Gasteiger partial charge in [0.15, 0.2) is 0 Å². The van der Waals surface area contributed by atoms with E-state index in [0.717, 1.165) is 11.1 Å². The van der Waals surface area contributed by atoms with E-state index >= 15 is 0 Å². The first-order valence-corrected chi connectivity index (χ1v) is 8.83. The highest BCUT2D eigenvalue weighted by Gasteiger charge is 2.13. The standard InChI is InChI=1S/C11H12O3S.C8H10O/c1-3-4-9-14-15(12,13)11-7-5-10(2)6-8-11;1-6-3-4-8(9)7(2)5-6/h1,5-8H,4,9H2,2H3;3-5,9H,1-2H3. The van der Waals surface area contributed by atoms with Crippen molar-refractivity contribution in [1.82, 2.24) is 0 Å². The average Bonchev–Trinajstić information content (AvgIpc) is 2.52. The van der Waals surface area contributed by atoms with Crippen LogP contribution in [0.1, 0.15) is 23.1 Å². The summed E-state index contributed by atoms with van der Waals surface area (Å²) in [6, 6.07) is 12.0. The Bertz CT molecular complexity index is 800. The summed E-state index contributed by atoms with van der Waals surface area (Å²) in [6.45, 7) is 5.80. The maximum absolute atomic E-state index is 11.5. The lowest BCUT2D eigenvalue weighted by Crippen LogP contribution is -2.07. The second kappa shape index (κ2) is 9.11. The van der Waals surface area contributed by atoms with Crippen molar-refractivity contribution in [1.29, 1.82) is 0 Å². The first-order valence-electron chi connectivity index (χ1n) is 7.42. The molecule has 0 amide bonds. The van der Waals surface area contributed by atoms with Gasteiger partial charge in [0.1, 0.15) is 5.75 Å². The third-order valence-corrected chi connectivity index (χ3v) is 4.47. The summed E-state index contributed by atoms with van der Waals surface area (Å²) in [6.07, 6.45) is 5.27. The first-order chi connectivity index (χ1) is 11.3. The molecule has 0 unspecified atom stereocenters. The predicted octanol–water partition coefficient (Wildman–Crippen LogP) is 3.73. The molecule has 24 heavy (non-hydrogen) atoms. The van der Waals surface area contributed by atoms with Crippen molar-refractivity contribution in [2.24, 2.45) is 0 Å². The number of phenols is 1. The van der Waals surface area contributed by atoms with E-state index in [4.69, 9.17) is 15.7 Å². The van der Waals surface area contributed by atoms with Crippen LogP contribution in [0.25, 0.3) is 0 Å². The lowest BCUT2D eigenvalue weighted by Gasteiger charge is -2.03. The molecule has 0 aliphatic rings. The lowest BCUT2D eigenvalue weighted by molar-refractivity contribution is 0.327. The molecule has 0 saturated heterocycles. The van der Waals surface area contributed by atoms with Crippen LogP contribution in [0.4, 0.5) is 0 Å². The van der Waals surface area contributed by atoms with Gasteiger partial charge in [-0.05, 0) is 44.5 Å². The maximum Gasteiger partial charge on any atom is 0.297 e. The molecule has 0 fully saturated rings. The second-order valence-corrected chi connectivity index (χ2v) is 6.95. The van der Waals surface area contributed by atoms with E-state index in [1.54, 1.807) is 18.2 Å². The van der Waals surface area contributed by atoms with Crippen molar-refractivity contribution in [3.8, 4) is 18.1 Å². The van der Waals surface area contributed by atoms with Crippen LogP contribution in [0, 0.1) is 33.1 Å². The molecular formula is C19H22O4S. The minimum atomic E-state index is -3.64. The van der Waals surface area contributed by atoms with Gasteiger partial charge in [-0.15, -0.1) is 12.3 Å². The van der Waals surface area contributed by atoms with Gasteiger partial charge in [-0.3, -0.25) is 4.18 Å². The van der Waals surface area contributed by atoms with E-state index in [0.29, 0.717) is 5.75 Å². The Labute approximate surface area is 144 Å². The highest BCUT2D eigenvalue weighted by atomic mass is 32.2. The molecule has 128 valence electrons. The molecule has 0 bridgehead atoms. The van der Waals surface area contributed by atoms with Crippen LogP contribution in [0.3, 0.4) is 0 Å². The molecule has 1 N–H and O–H groups in total. The summed E-state index contributed by atoms with van der Waals surface area (Å²) >= 11 is 0. The molecular weight excluding hydrogens is 324 g/mol. The molecule has 0 aromatic heterocycles. The van der Waals surface area contributed by atoms with Crippen molar-refractivity contribution in [3.05, 3.63) is 59.2 Å². The molecule has 2 aromatic carbocycles. The van der Waals surface area contributed by atoms with Crippen LogP contribution in [0.15, 0.2) is 47.4 Å². The van der Waals surface area contributed by atoms with Crippen LogP contribution >= 0.6 is 0 Å². The topological polar surface area (TPSA) is 63.6 Å². The SMILES string of the molecule is C#CCCOS(=O)(=O)c1ccc(C)cc1.Cc1ccc(O)c(C)c1. The van der Waals surface area contributed by atoms with Gasteiger partial charge in [-0.2, -0.15) is 8.42 Å². The number of benzene rings is 2. The van der Waals surface area contributed by atoms with Gasteiger partial charge in [-0.1, -0.05) is 35.4 Å². The summed E-state index contributed by atoms with van der Waals surface area (Å²) in [5.41, 5.74) is 3.12. The fourth-order valence-corrected chi connectivity index (χ4v) is 2.70. The Morgan fingerprint density at radius 3 is 2.12 bits per heavy atom. The Balaban J connectivity index is 0.000000272. The molecule has 0 radical (unpaired) electrons. The van der Waals surface area contributed by atoms with Crippen LogP contribution < -0.4 is 0 Å². The smallest absolute Gasteiger partial charge is 0.297 e. The fourth-order valence-electron chi connectivity index (χ4n) is 1.79. The molecule has 0 spiro atoms. The summed E-state index contributed by atoms with van der Waals surface area (Å²) < 4.78 is 27.8. The first kappa shape index (κ1) is 19.8. The van der Waals surface area contributed by atoms with E-state index in [1.165, 1.54) is 17.7 Å². The summed E-state index contributed by atoms with van der Waals surface area (Å²) in [5, 5.41) is 9.04.